The lowest BCUT2D eigenvalue weighted by Crippen LogP contribution is -2.27. The van der Waals surface area contributed by atoms with E-state index in [-0.39, 0.29) is 5.56 Å². The molecule has 116 valence electrons. The van der Waals surface area contributed by atoms with E-state index in [0.29, 0.717) is 18.3 Å². The summed E-state index contributed by atoms with van der Waals surface area (Å²) in [7, 11) is 0. The van der Waals surface area contributed by atoms with Crippen molar-refractivity contribution >= 4 is 11.5 Å². The van der Waals surface area contributed by atoms with Gasteiger partial charge in [-0.15, -0.1) is 0 Å². The molecule has 4 nitrogen and oxygen atoms in total. The van der Waals surface area contributed by atoms with Gasteiger partial charge in [-0.25, -0.2) is 0 Å². The van der Waals surface area contributed by atoms with E-state index in [4.69, 9.17) is 10.9 Å². The number of hydrogen-bond acceptors (Lipinski definition) is 3. The van der Waals surface area contributed by atoms with E-state index in [1.165, 1.54) is 6.07 Å². The second-order valence-electron chi connectivity index (χ2n) is 5.14. The molecule has 0 spiro atoms. The van der Waals surface area contributed by atoms with Crippen LogP contribution in [0.3, 0.4) is 0 Å². The van der Waals surface area contributed by atoms with Gasteiger partial charge in [-0.2, -0.15) is 13.2 Å². The lowest BCUT2D eigenvalue weighted by molar-refractivity contribution is -0.137. The Kier molecular flexibility index (Phi) is 4.29. The minimum Gasteiger partial charge on any atom is -0.409 e. The van der Waals surface area contributed by atoms with Gasteiger partial charge in [0.15, 0.2) is 5.84 Å². The average molecular weight is 301 g/mol. The fourth-order valence-corrected chi connectivity index (χ4v) is 2.37. The van der Waals surface area contributed by atoms with Gasteiger partial charge < -0.3 is 15.8 Å². The summed E-state index contributed by atoms with van der Waals surface area (Å²) in [4.78, 5) is 1.99. The standard InChI is InChI=1S/C14H18F3N3O/c1-2-7-20(9-3-4-9)10-5-6-11(13(18)19-21)12(8-10)14(15,16)17/h5-6,8-9,21H,2-4,7H2,1H3,(H2,18,19). The lowest BCUT2D eigenvalue weighted by atomic mass is 10.0. The monoisotopic (exact) mass is 301 g/mol. The summed E-state index contributed by atoms with van der Waals surface area (Å²) in [6.45, 7) is 2.70. The second-order valence-corrected chi connectivity index (χ2v) is 5.14. The SMILES string of the molecule is CCCN(c1ccc(/C(N)=N/O)c(C(F)(F)F)c1)C1CC1. The van der Waals surface area contributed by atoms with E-state index in [2.05, 4.69) is 5.16 Å². The van der Waals surface area contributed by atoms with Crippen molar-refractivity contribution in [1.29, 1.82) is 0 Å². The number of amidine groups is 1. The van der Waals surface area contributed by atoms with Gasteiger partial charge >= 0.3 is 6.18 Å². The van der Waals surface area contributed by atoms with Crippen LogP contribution in [0.15, 0.2) is 23.4 Å². The fourth-order valence-electron chi connectivity index (χ4n) is 2.37. The molecule has 0 amide bonds. The minimum absolute atomic E-state index is 0.305. The number of nitrogens with two attached hydrogens (primary N) is 1. The number of nitrogens with zero attached hydrogens (tertiary/aromatic N) is 2. The van der Waals surface area contributed by atoms with Gasteiger partial charge in [-0.05, 0) is 37.5 Å². The molecule has 0 radical (unpaired) electrons. The highest BCUT2D eigenvalue weighted by molar-refractivity contribution is 5.99. The highest BCUT2D eigenvalue weighted by Crippen LogP contribution is 2.37. The van der Waals surface area contributed by atoms with Crippen LogP contribution in [0.2, 0.25) is 0 Å². The van der Waals surface area contributed by atoms with Crippen LogP contribution in [-0.4, -0.2) is 23.6 Å². The molecule has 1 fully saturated rings. The number of alkyl halides is 3. The highest BCUT2D eigenvalue weighted by atomic mass is 19.4. The molecule has 0 bridgehead atoms. The van der Waals surface area contributed by atoms with Crippen LogP contribution < -0.4 is 10.6 Å². The molecule has 3 N–H and O–H groups in total. The van der Waals surface area contributed by atoms with E-state index in [1.807, 2.05) is 11.8 Å². The Hall–Kier alpha value is -1.92. The van der Waals surface area contributed by atoms with Gasteiger partial charge in [0, 0.05) is 23.8 Å². The summed E-state index contributed by atoms with van der Waals surface area (Å²) >= 11 is 0. The van der Waals surface area contributed by atoms with Crippen molar-refractivity contribution in [2.75, 3.05) is 11.4 Å². The molecule has 2 rings (SSSR count). The first-order chi connectivity index (χ1) is 9.88. The summed E-state index contributed by atoms with van der Waals surface area (Å²) in [5.41, 5.74) is 4.68. The number of rotatable bonds is 5. The van der Waals surface area contributed by atoms with Gasteiger partial charge in [0.05, 0.1) is 5.56 Å². The Bertz CT molecular complexity index is 539. The fraction of sp³-hybridized carbons (Fsp3) is 0.500. The Balaban J connectivity index is 2.45. The van der Waals surface area contributed by atoms with E-state index >= 15 is 0 Å². The predicted octanol–water partition coefficient (Wildman–Crippen LogP) is 3.18. The van der Waals surface area contributed by atoms with Crippen molar-refractivity contribution in [2.24, 2.45) is 10.9 Å². The van der Waals surface area contributed by atoms with Crippen molar-refractivity contribution < 1.29 is 18.4 Å². The minimum atomic E-state index is -4.55. The third-order valence-corrected chi connectivity index (χ3v) is 3.48. The molecular formula is C14H18F3N3O. The largest absolute Gasteiger partial charge is 0.417 e. The molecule has 1 saturated carbocycles. The van der Waals surface area contributed by atoms with Gasteiger partial charge in [0.2, 0.25) is 0 Å². The van der Waals surface area contributed by atoms with Crippen LogP contribution in [0.1, 0.15) is 37.3 Å². The van der Waals surface area contributed by atoms with E-state index < -0.39 is 17.6 Å². The van der Waals surface area contributed by atoms with Crippen LogP contribution in [0.25, 0.3) is 0 Å². The van der Waals surface area contributed by atoms with Crippen LogP contribution >= 0.6 is 0 Å². The van der Waals surface area contributed by atoms with Crippen molar-refractivity contribution in [3.05, 3.63) is 29.3 Å². The zero-order valence-corrected chi connectivity index (χ0v) is 11.7. The van der Waals surface area contributed by atoms with Crippen molar-refractivity contribution in [3.8, 4) is 0 Å². The maximum absolute atomic E-state index is 13.2. The van der Waals surface area contributed by atoms with Gasteiger partial charge in [0.25, 0.3) is 0 Å². The van der Waals surface area contributed by atoms with Crippen LogP contribution in [0.4, 0.5) is 18.9 Å². The zero-order valence-electron chi connectivity index (χ0n) is 11.7. The maximum atomic E-state index is 13.2. The van der Waals surface area contributed by atoms with Crippen LogP contribution in [0, 0.1) is 0 Å². The normalized spacial score (nSPS) is 16.1. The molecule has 0 heterocycles. The van der Waals surface area contributed by atoms with E-state index in [1.54, 1.807) is 6.07 Å². The molecule has 0 aromatic heterocycles. The summed E-state index contributed by atoms with van der Waals surface area (Å²) in [6, 6.07) is 4.26. The second kappa shape index (κ2) is 5.83. The van der Waals surface area contributed by atoms with E-state index in [9.17, 15) is 13.2 Å². The summed E-state index contributed by atoms with van der Waals surface area (Å²) in [5.74, 6) is -0.540. The number of halogens is 3. The van der Waals surface area contributed by atoms with E-state index in [0.717, 1.165) is 25.3 Å². The molecule has 1 aromatic rings. The quantitative estimate of drug-likeness (QED) is 0.380. The lowest BCUT2D eigenvalue weighted by Gasteiger charge is -2.25. The third-order valence-electron chi connectivity index (χ3n) is 3.48. The first-order valence-electron chi connectivity index (χ1n) is 6.84. The molecule has 0 atom stereocenters. The number of benzene rings is 1. The topological polar surface area (TPSA) is 61.8 Å². The predicted molar refractivity (Wildman–Crippen MR) is 74.6 cm³/mol. The summed E-state index contributed by atoms with van der Waals surface area (Å²) < 4.78 is 39.5. The Morgan fingerprint density at radius 3 is 2.57 bits per heavy atom. The molecule has 21 heavy (non-hydrogen) atoms. The average Bonchev–Trinajstić information content (AvgIpc) is 3.27. The maximum Gasteiger partial charge on any atom is 0.417 e. The van der Waals surface area contributed by atoms with Crippen molar-refractivity contribution in [1.82, 2.24) is 0 Å². The first kappa shape index (κ1) is 15.5. The Morgan fingerprint density at radius 1 is 1.43 bits per heavy atom. The molecule has 1 aromatic carbocycles. The van der Waals surface area contributed by atoms with Gasteiger partial charge in [-0.1, -0.05) is 12.1 Å². The first-order valence-corrected chi connectivity index (χ1v) is 6.84. The van der Waals surface area contributed by atoms with Crippen LogP contribution in [0.5, 0.6) is 0 Å². The summed E-state index contributed by atoms with van der Waals surface area (Å²) in [5, 5.41) is 11.3. The molecule has 7 heteroatoms. The van der Waals surface area contributed by atoms with Crippen molar-refractivity contribution in [2.45, 2.75) is 38.4 Å². The molecule has 1 aliphatic rings. The molecule has 0 unspecified atom stereocenters. The molecule has 0 aliphatic heterocycles. The van der Waals surface area contributed by atoms with Gasteiger partial charge in [0.1, 0.15) is 0 Å². The number of anilines is 1. The smallest absolute Gasteiger partial charge is 0.409 e. The number of oxime groups is 1. The van der Waals surface area contributed by atoms with Gasteiger partial charge in [-0.3, -0.25) is 0 Å². The summed E-state index contributed by atoms with van der Waals surface area (Å²) in [6.07, 6.45) is -1.69. The Morgan fingerprint density at radius 2 is 2.10 bits per heavy atom. The highest BCUT2D eigenvalue weighted by Gasteiger charge is 2.36. The number of hydrogen-bond donors (Lipinski definition) is 2. The zero-order chi connectivity index (χ0) is 15.6. The molecule has 0 saturated heterocycles. The third kappa shape index (κ3) is 3.40. The molecular weight excluding hydrogens is 283 g/mol. The van der Waals surface area contributed by atoms with Crippen molar-refractivity contribution in [3.63, 3.8) is 0 Å². The molecule has 1 aliphatic carbocycles. The van der Waals surface area contributed by atoms with Crippen LogP contribution in [-0.2, 0) is 6.18 Å². The Labute approximate surface area is 121 Å².